The molecule has 1 heterocycles. The number of aliphatic hydroxyl groups is 1. The molecule has 1 aromatic carbocycles. The minimum atomic E-state index is -0.306. The minimum Gasteiger partial charge on any atom is -0.393 e. The number of para-hydroxylation sites is 1. The standard InChI is InChI=1S/C14H17N5O2/c20-13-7-3-4-10(13)8-15-14(21)11-5-1-2-6-12(11)19-9-16-17-18-19/h1-2,5-6,9-10,13,20H,3-4,7-8H2,(H,15,21). The number of aliphatic hydroxyl groups excluding tert-OH is 1. The number of carbonyl (C=O) groups excluding carboxylic acids is 1. The van der Waals surface area contributed by atoms with Crippen molar-refractivity contribution in [1.29, 1.82) is 0 Å². The lowest BCUT2D eigenvalue weighted by Gasteiger charge is -2.16. The molecule has 2 aromatic rings. The van der Waals surface area contributed by atoms with Crippen LogP contribution in [0.5, 0.6) is 0 Å². The van der Waals surface area contributed by atoms with Gasteiger partial charge in [-0.25, -0.2) is 0 Å². The van der Waals surface area contributed by atoms with Gasteiger partial charge in [-0.2, -0.15) is 4.68 Å². The number of hydrogen-bond donors (Lipinski definition) is 2. The molecule has 2 N–H and O–H groups in total. The molecule has 1 saturated carbocycles. The molecule has 1 amide bonds. The van der Waals surface area contributed by atoms with E-state index in [1.54, 1.807) is 18.2 Å². The predicted molar refractivity (Wildman–Crippen MR) is 74.8 cm³/mol. The zero-order valence-corrected chi connectivity index (χ0v) is 11.5. The van der Waals surface area contributed by atoms with Gasteiger partial charge in [-0.3, -0.25) is 4.79 Å². The van der Waals surface area contributed by atoms with Crippen LogP contribution in [0.3, 0.4) is 0 Å². The zero-order chi connectivity index (χ0) is 14.7. The number of tetrazole rings is 1. The minimum absolute atomic E-state index is 0.147. The fraction of sp³-hybridized carbons (Fsp3) is 0.429. The van der Waals surface area contributed by atoms with Crippen molar-refractivity contribution in [3.05, 3.63) is 36.2 Å². The topological polar surface area (TPSA) is 92.9 Å². The molecule has 0 aliphatic heterocycles. The van der Waals surface area contributed by atoms with E-state index in [2.05, 4.69) is 20.8 Å². The molecule has 3 rings (SSSR count). The molecule has 1 aliphatic rings. The lowest BCUT2D eigenvalue weighted by molar-refractivity contribution is 0.0916. The van der Waals surface area contributed by atoms with Crippen molar-refractivity contribution < 1.29 is 9.90 Å². The average molecular weight is 287 g/mol. The Morgan fingerprint density at radius 3 is 2.95 bits per heavy atom. The van der Waals surface area contributed by atoms with E-state index in [0.717, 1.165) is 19.3 Å². The van der Waals surface area contributed by atoms with Crippen LogP contribution >= 0.6 is 0 Å². The molecule has 0 spiro atoms. The Morgan fingerprint density at radius 1 is 1.38 bits per heavy atom. The maximum absolute atomic E-state index is 12.3. The summed E-state index contributed by atoms with van der Waals surface area (Å²) in [4.78, 5) is 12.3. The summed E-state index contributed by atoms with van der Waals surface area (Å²) in [7, 11) is 0. The first-order chi connectivity index (χ1) is 10.3. The number of carbonyl (C=O) groups is 1. The molecule has 1 aliphatic carbocycles. The second kappa shape index (κ2) is 6.01. The van der Waals surface area contributed by atoms with Crippen molar-refractivity contribution in [2.45, 2.75) is 25.4 Å². The van der Waals surface area contributed by atoms with Gasteiger partial charge in [0.05, 0.1) is 17.4 Å². The Balaban J connectivity index is 1.73. The lowest BCUT2D eigenvalue weighted by atomic mass is 10.1. The van der Waals surface area contributed by atoms with Gasteiger partial charge < -0.3 is 10.4 Å². The summed E-state index contributed by atoms with van der Waals surface area (Å²) < 4.78 is 1.46. The van der Waals surface area contributed by atoms with Crippen LogP contribution in [0, 0.1) is 5.92 Å². The van der Waals surface area contributed by atoms with E-state index in [1.807, 2.05) is 6.07 Å². The first kappa shape index (κ1) is 13.7. The number of amides is 1. The SMILES string of the molecule is O=C(NCC1CCCC1O)c1ccccc1-n1cnnn1. The summed E-state index contributed by atoms with van der Waals surface area (Å²) in [6, 6.07) is 7.15. The number of nitrogens with zero attached hydrogens (tertiary/aromatic N) is 4. The smallest absolute Gasteiger partial charge is 0.253 e. The Hall–Kier alpha value is -2.28. The summed E-state index contributed by atoms with van der Waals surface area (Å²) in [5, 5.41) is 23.7. The van der Waals surface area contributed by atoms with Crippen molar-refractivity contribution in [2.75, 3.05) is 6.54 Å². The highest BCUT2D eigenvalue weighted by Crippen LogP contribution is 2.24. The van der Waals surface area contributed by atoms with Crippen LogP contribution in [0.15, 0.2) is 30.6 Å². The largest absolute Gasteiger partial charge is 0.393 e. The average Bonchev–Trinajstić information content (AvgIpc) is 3.16. The summed E-state index contributed by atoms with van der Waals surface area (Å²) in [6.07, 6.45) is 3.94. The highest BCUT2D eigenvalue weighted by molar-refractivity contribution is 5.97. The third kappa shape index (κ3) is 2.92. The maximum Gasteiger partial charge on any atom is 0.253 e. The molecule has 0 radical (unpaired) electrons. The van der Waals surface area contributed by atoms with Gasteiger partial charge in [0.2, 0.25) is 0 Å². The third-order valence-corrected chi connectivity index (χ3v) is 3.89. The molecule has 0 bridgehead atoms. The van der Waals surface area contributed by atoms with Crippen molar-refractivity contribution in [3.8, 4) is 5.69 Å². The van der Waals surface area contributed by atoms with Crippen LogP contribution in [-0.2, 0) is 0 Å². The molecule has 0 saturated heterocycles. The molecule has 1 aromatic heterocycles. The normalized spacial score (nSPS) is 21.4. The van der Waals surface area contributed by atoms with Crippen LogP contribution in [0.2, 0.25) is 0 Å². The van der Waals surface area contributed by atoms with Crippen molar-refractivity contribution in [2.24, 2.45) is 5.92 Å². The van der Waals surface area contributed by atoms with Gasteiger partial charge >= 0.3 is 0 Å². The molecule has 2 atom stereocenters. The highest BCUT2D eigenvalue weighted by atomic mass is 16.3. The van der Waals surface area contributed by atoms with Crippen molar-refractivity contribution in [3.63, 3.8) is 0 Å². The van der Waals surface area contributed by atoms with Gasteiger partial charge in [-0.05, 0) is 35.4 Å². The first-order valence-corrected chi connectivity index (χ1v) is 7.04. The zero-order valence-electron chi connectivity index (χ0n) is 11.5. The van der Waals surface area contributed by atoms with E-state index in [4.69, 9.17) is 0 Å². The predicted octanol–water partition coefficient (Wildman–Crippen LogP) is 0.553. The van der Waals surface area contributed by atoms with Gasteiger partial charge in [0.25, 0.3) is 5.91 Å². The van der Waals surface area contributed by atoms with Crippen molar-refractivity contribution in [1.82, 2.24) is 25.5 Å². The highest BCUT2D eigenvalue weighted by Gasteiger charge is 2.25. The van der Waals surface area contributed by atoms with Gasteiger partial charge in [0, 0.05) is 12.5 Å². The van der Waals surface area contributed by atoms with E-state index >= 15 is 0 Å². The van der Waals surface area contributed by atoms with Crippen molar-refractivity contribution >= 4 is 5.91 Å². The Labute approximate surface area is 122 Å². The number of nitrogens with one attached hydrogen (secondary N) is 1. The van der Waals surface area contributed by atoms with Crippen LogP contribution in [0.25, 0.3) is 5.69 Å². The van der Waals surface area contributed by atoms with E-state index in [-0.39, 0.29) is 17.9 Å². The van der Waals surface area contributed by atoms with E-state index in [0.29, 0.717) is 17.8 Å². The van der Waals surface area contributed by atoms with E-state index in [9.17, 15) is 9.90 Å². The quantitative estimate of drug-likeness (QED) is 0.856. The molecule has 21 heavy (non-hydrogen) atoms. The van der Waals surface area contributed by atoms with Crippen LogP contribution in [0.1, 0.15) is 29.6 Å². The molecule has 7 nitrogen and oxygen atoms in total. The van der Waals surface area contributed by atoms with Crippen LogP contribution < -0.4 is 5.32 Å². The lowest BCUT2D eigenvalue weighted by Crippen LogP contribution is -2.33. The summed E-state index contributed by atoms with van der Waals surface area (Å²) >= 11 is 0. The third-order valence-electron chi connectivity index (χ3n) is 3.89. The van der Waals surface area contributed by atoms with E-state index in [1.165, 1.54) is 11.0 Å². The fourth-order valence-corrected chi connectivity index (χ4v) is 2.71. The monoisotopic (exact) mass is 287 g/mol. The first-order valence-electron chi connectivity index (χ1n) is 7.04. The Morgan fingerprint density at radius 2 is 2.24 bits per heavy atom. The Bertz CT molecular complexity index is 614. The molecule has 7 heteroatoms. The van der Waals surface area contributed by atoms with Gasteiger partial charge in [0.15, 0.2) is 0 Å². The fourth-order valence-electron chi connectivity index (χ4n) is 2.71. The summed E-state index contributed by atoms with van der Waals surface area (Å²) in [6.45, 7) is 0.490. The second-order valence-corrected chi connectivity index (χ2v) is 5.24. The molecular weight excluding hydrogens is 270 g/mol. The Kier molecular flexibility index (Phi) is 3.92. The van der Waals surface area contributed by atoms with Gasteiger partial charge in [0.1, 0.15) is 6.33 Å². The summed E-state index contributed by atoms with van der Waals surface area (Å²) in [5.41, 5.74) is 1.14. The van der Waals surface area contributed by atoms with Crippen LogP contribution in [0.4, 0.5) is 0 Å². The number of hydrogen-bond acceptors (Lipinski definition) is 5. The molecule has 2 unspecified atom stereocenters. The molecular formula is C14H17N5O2. The van der Waals surface area contributed by atoms with Gasteiger partial charge in [-0.1, -0.05) is 18.6 Å². The summed E-state index contributed by atoms with van der Waals surface area (Å²) in [5.74, 6) is -0.0330. The van der Waals surface area contributed by atoms with Crippen LogP contribution in [-0.4, -0.2) is 43.9 Å². The number of rotatable bonds is 4. The molecule has 1 fully saturated rings. The molecule has 110 valence electrons. The number of benzene rings is 1. The van der Waals surface area contributed by atoms with Gasteiger partial charge in [-0.15, -0.1) is 5.10 Å². The maximum atomic E-state index is 12.3. The van der Waals surface area contributed by atoms with E-state index < -0.39 is 0 Å². The number of aromatic nitrogens is 4. The second-order valence-electron chi connectivity index (χ2n) is 5.24.